The van der Waals surface area contributed by atoms with E-state index in [0.717, 1.165) is 5.92 Å². The second-order valence-electron chi connectivity index (χ2n) is 6.35. The van der Waals surface area contributed by atoms with Gasteiger partial charge in [0, 0.05) is 5.71 Å². The minimum Gasteiger partial charge on any atom is -0.286 e. The van der Waals surface area contributed by atoms with Gasteiger partial charge < -0.3 is 0 Å². The van der Waals surface area contributed by atoms with Crippen LogP contribution >= 0.6 is 0 Å². The van der Waals surface area contributed by atoms with Gasteiger partial charge >= 0.3 is 0 Å². The van der Waals surface area contributed by atoms with E-state index in [0.29, 0.717) is 0 Å². The molecule has 1 atom stereocenters. The smallest absolute Gasteiger partial charge is 0.0726 e. The van der Waals surface area contributed by atoms with Crippen molar-refractivity contribution in [3.8, 4) is 0 Å². The maximum atomic E-state index is 5.04. The Hall–Kier alpha value is -1.63. The zero-order valence-electron chi connectivity index (χ0n) is 13.2. The van der Waals surface area contributed by atoms with Crippen LogP contribution in [0.15, 0.2) is 47.5 Å². The van der Waals surface area contributed by atoms with Gasteiger partial charge in [-0.15, -0.1) is 0 Å². The molecule has 0 saturated heterocycles. The third kappa shape index (κ3) is 3.18. The summed E-state index contributed by atoms with van der Waals surface area (Å²) in [5, 5.41) is 2.65. The molecule has 0 N–H and O–H groups in total. The zero-order chi connectivity index (χ0) is 14.7. The first-order valence-corrected chi connectivity index (χ1v) is 8.27. The maximum Gasteiger partial charge on any atom is 0.0726 e. The summed E-state index contributed by atoms with van der Waals surface area (Å²) in [6.07, 6.45) is 6.82. The van der Waals surface area contributed by atoms with Crippen LogP contribution in [0.3, 0.4) is 0 Å². The van der Waals surface area contributed by atoms with Gasteiger partial charge in [-0.3, -0.25) is 4.99 Å². The van der Waals surface area contributed by atoms with Crippen molar-refractivity contribution >= 4 is 16.5 Å². The lowest BCUT2D eigenvalue weighted by atomic mass is 9.86. The van der Waals surface area contributed by atoms with Crippen molar-refractivity contribution in [2.24, 2.45) is 10.9 Å². The third-order valence-electron chi connectivity index (χ3n) is 4.87. The lowest BCUT2D eigenvalue weighted by Gasteiger charge is -2.22. The minimum absolute atomic E-state index is 0.248. The number of aliphatic imine (C=N–C) groups is 1. The predicted molar refractivity (Wildman–Crippen MR) is 92.0 cm³/mol. The molecule has 1 nitrogen and oxygen atoms in total. The van der Waals surface area contributed by atoms with Crippen molar-refractivity contribution in [2.75, 3.05) is 0 Å². The molecule has 0 heterocycles. The molecule has 3 rings (SSSR count). The standard InChI is InChI=1S/C20H25N/c1-15(17-9-4-3-5-10-17)21-16(2)19-14-8-12-18-11-6-7-13-20(18)19/h6-8,11-14,16-17H,3-5,9-10H2,1-2H3/t16-/m1/s1. The molecule has 1 saturated carbocycles. The number of rotatable bonds is 3. The molecule has 1 heteroatoms. The van der Waals surface area contributed by atoms with Crippen LogP contribution in [0.2, 0.25) is 0 Å². The molecule has 0 bridgehead atoms. The Kier molecular flexibility index (Phi) is 4.38. The molecule has 0 aliphatic heterocycles. The van der Waals surface area contributed by atoms with Crippen LogP contribution in [0.4, 0.5) is 0 Å². The van der Waals surface area contributed by atoms with Crippen LogP contribution in [-0.2, 0) is 0 Å². The van der Waals surface area contributed by atoms with Gasteiger partial charge in [0.15, 0.2) is 0 Å². The van der Waals surface area contributed by atoms with E-state index < -0.39 is 0 Å². The van der Waals surface area contributed by atoms with E-state index >= 15 is 0 Å². The van der Waals surface area contributed by atoms with E-state index in [9.17, 15) is 0 Å². The molecule has 0 spiro atoms. The summed E-state index contributed by atoms with van der Waals surface area (Å²) in [6.45, 7) is 4.46. The van der Waals surface area contributed by atoms with Gasteiger partial charge in [0.1, 0.15) is 0 Å². The summed E-state index contributed by atoms with van der Waals surface area (Å²) in [5.74, 6) is 0.719. The Morgan fingerprint density at radius 3 is 2.52 bits per heavy atom. The molecule has 1 aliphatic carbocycles. The SMILES string of the molecule is CC(=N[C@H](C)c1cccc2ccccc12)C1CCCCC1. The topological polar surface area (TPSA) is 12.4 Å². The largest absolute Gasteiger partial charge is 0.286 e. The summed E-state index contributed by atoms with van der Waals surface area (Å²) in [5.41, 5.74) is 2.71. The predicted octanol–water partition coefficient (Wildman–Crippen LogP) is 5.94. The summed E-state index contributed by atoms with van der Waals surface area (Å²) in [7, 11) is 0. The van der Waals surface area contributed by atoms with Gasteiger partial charge in [0.25, 0.3) is 0 Å². The van der Waals surface area contributed by atoms with Crippen molar-refractivity contribution in [2.45, 2.75) is 52.0 Å². The van der Waals surface area contributed by atoms with Crippen molar-refractivity contribution in [3.05, 3.63) is 48.0 Å². The maximum absolute atomic E-state index is 5.04. The highest BCUT2D eigenvalue weighted by Gasteiger charge is 2.17. The summed E-state index contributed by atoms with van der Waals surface area (Å²) in [4.78, 5) is 5.04. The summed E-state index contributed by atoms with van der Waals surface area (Å²) >= 11 is 0. The Bertz CT molecular complexity index is 630. The Morgan fingerprint density at radius 2 is 1.71 bits per heavy atom. The Balaban J connectivity index is 1.88. The fraction of sp³-hybridized carbons (Fsp3) is 0.450. The monoisotopic (exact) mass is 279 g/mol. The molecule has 2 aromatic carbocycles. The molecule has 110 valence electrons. The quantitative estimate of drug-likeness (QED) is 0.616. The molecule has 0 amide bonds. The van der Waals surface area contributed by atoms with E-state index in [1.54, 1.807) is 0 Å². The number of hydrogen-bond donors (Lipinski definition) is 0. The van der Waals surface area contributed by atoms with Crippen molar-refractivity contribution < 1.29 is 0 Å². The molecule has 0 aromatic heterocycles. The van der Waals surface area contributed by atoms with Crippen molar-refractivity contribution in [3.63, 3.8) is 0 Å². The zero-order valence-corrected chi connectivity index (χ0v) is 13.2. The molecular weight excluding hydrogens is 254 g/mol. The molecule has 0 unspecified atom stereocenters. The number of nitrogens with zero attached hydrogens (tertiary/aromatic N) is 1. The van der Waals surface area contributed by atoms with Crippen LogP contribution < -0.4 is 0 Å². The van der Waals surface area contributed by atoms with Gasteiger partial charge in [-0.1, -0.05) is 61.7 Å². The van der Waals surface area contributed by atoms with Crippen LogP contribution in [0.5, 0.6) is 0 Å². The fourth-order valence-electron chi connectivity index (χ4n) is 3.62. The highest BCUT2D eigenvalue weighted by molar-refractivity contribution is 5.87. The second kappa shape index (κ2) is 6.43. The highest BCUT2D eigenvalue weighted by Crippen LogP contribution is 2.29. The number of fused-ring (bicyclic) bond motifs is 1. The Morgan fingerprint density at radius 1 is 1.00 bits per heavy atom. The van der Waals surface area contributed by atoms with Crippen LogP contribution in [0.25, 0.3) is 10.8 Å². The lowest BCUT2D eigenvalue weighted by Crippen LogP contribution is -2.15. The van der Waals surface area contributed by atoms with Gasteiger partial charge in [-0.25, -0.2) is 0 Å². The van der Waals surface area contributed by atoms with Crippen LogP contribution in [0, 0.1) is 5.92 Å². The van der Waals surface area contributed by atoms with E-state index in [4.69, 9.17) is 4.99 Å². The first kappa shape index (κ1) is 14.3. The molecule has 0 radical (unpaired) electrons. The van der Waals surface area contributed by atoms with Crippen LogP contribution in [0.1, 0.15) is 57.6 Å². The van der Waals surface area contributed by atoms with Crippen molar-refractivity contribution in [1.29, 1.82) is 0 Å². The normalized spacial score (nSPS) is 18.9. The highest BCUT2D eigenvalue weighted by atomic mass is 14.8. The average Bonchev–Trinajstić information content (AvgIpc) is 2.55. The Labute approximate surface area is 128 Å². The third-order valence-corrected chi connectivity index (χ3v) is 4.87. The van der Waals surface area contributed by atoms with E-state index in [1.807, 2.05) is 0 Å². The number of benzene rings is 2. The molecule has 1 fully saturated rings. The first-order chi connectivity index (χ1) is 10.3. The molecule has 2 aromatic rings. The van der Waals surface area contributed by atoms with Crippen LogP contribution in [-0.4, -0.2) is 5.71 Å². The first-order valence-electron chi connectivity index (χ1n) is 8.27. The van der Waals surface area contributed by atoms with E-state index in [1.165, 1.54) is 54.2 Å². The minimum atomic E-state index is 0.248. The molecule has 1 aliphatic rings. The van der Waals surface area contributed by atoms with Gasteiger partial charge in [0.2, 0.25) is 0 Å². The van der Waals surface area contributed by atoms with Gasteiger partial charge in [-0.05, 0) is 48.9 Å². The average molecular weight is 279 g/mol. The second-order valence-corrected chi connectivity index (χ2v) is 6.35. The summed E-state index contributed by atoms with van der Waals surface area (Å²) < 4.78 is 0. The van der Waals surface area contributed by atoms with Gasteiger partial charge in [0.05, 0.1) is 6.04 Å². The van der Waals surface area contributed by atoms with Crippen molar-refractivity contribution in [1.82, 2.24) is 0 Å². The number of hydrogen-bond acceptors (Lipinski definition) is 1. The molecular formula is C20H25N. The van der Waals surface area contributed by atoms with E-state index in [2.05, 4.69) is 56.3 Å². The van der Waals surface area contributed by atoms with E-state index in [-0.39, 0.29) is 6.04 Å². The van der Waals surface area contributed by atoms with Gasteiger partial charge in [-0.2, -0.15) is 0 Å². The molecule has 21 heavy (non-hydrogen) atoms. The fourth-order valence-corrected chi connectivity index (χ4v) is 3.62. The lowest BCUT2D eigenvalue weighted by molar-refractivity contribution is 0.436. The summed E-state index contributed by atoms with van der Waals surface area (Å²) in [6, 6.07) is 15.4.